The Morgan fingerprint density at radius 1 is 1.16 bits per heavy atom. The van der Waals surface area contributed by atoms with Gasteiger partial charge in [0, 0.05) is 25.8 Å². The molecule has 1 saturated carbocycles. The number of anilines is 1. The molecule has 1 fully saturated rings. The summed E-state index contributed by atoms with van der Waals surface area (Å²) in [5, 5.41) is 3.06. The zero-order valence-electron chi connectivity index (χ0n) is 15.9. The normalized spacial score (nSPS) is 24.3. The SMILES string of the molecule is C[C@H]1[C@@H](NC(=O)[C@@H](C)OC(=O)c2ccc(N(C)C)cc2)CCC[C@@H]1C. The summed E-state index contributed by atoms with van der Waals surface area (Å²) >= 11 is 0. The van der Waals surface area contributed by atoms with Gasteiger partial charge in [-0.3, -0.25) is 4.79 Å². The molecule has 25 heavy (non-hydrogen) atoms. The molecular weight excluding hydrogens is 316 g/mol. The van der Waals surface area contributed by atoms with Crippen molar-refractivity contribution < 1.29 is 14.3 Å². The van der Waals surface area contributed by atoms with Crippen molar-refractivity contribution >= 4 is 17.6 Å². The number of rotatable bonds is 5. The molecule has 1 N–H and O–H groups in total. The van der Waals surface area contributed by atoms with Gasteiger partial charge in [0.15, 0.2) is 6.10 Å². The molecule has 0 saturated heterocycles. The van der Waals surface area contributed by atoms with Crippen molar-refractivity contribution in [2.24, 2.45) is 11.8 Å². The molecule has 5 nitrogen and oxygen atoms in total. The van der Waals surface area contributed by atoms with Crippen LogP contribution in [0.2, 0.25) is 0 Å². The van der Waals surface area contributed by atoms with Crippen molar-refractivity contribution in [2.75, 3.05) is 19.0 Å². The second-order valence-corrected chi connectivity index (χ2v) is 7.37. The Labute approximate surface area is 150 Å². The molecule has 0 radical (unpaired) electrons. The first-order valence-electron chi connectivity index (χ1n) is 9.08. The topological polar surface area (TPSA) is 58.6 Å². The fourth-order valence-electron chi connectivity index (χ4n) is 3.26. The molecule has 0 bridgehead atoms. The van der Waals surface area contributed by atoms with Crippen LogP contribution in [0.5, 0.6) is 0 Å². The van der Waals surface area contributed by atoms with E-state index in [9.17, 15) is 9.59 Å². The molecule has 1 aliphatic rings. The molecule has 0 aliphatic heterocycles. The lowest BCUT2D eigenvalue weighted by atomic mass is 9.78. The maximum absolute atomic E-state index is 12.4. The molecular formula is C20H30N2O3. The summed E-state index contributed by atoms with van der Waals surface area (Å²) in [5.41, 5.74) is 1.45. The van der Waals surface area contributed by atoms with E-state index in [1.807, 2.05) is 31.1 Å². The van der Waals surface area contributed by atoms with Crippen LogP contribution in [0.15, 0.2) is 24.3 Å². The molecule has 2 rings (SSSR count). The average Bonchev–Trinajstić information content (AvgIpc) is 2.58. The fraction of sp³-hybridized carbons (Fsp3) is 0.600. The number of carbonyl (C=O) groups excluding carboxylic acids is 2. The zero-order chi connectivity index (χ0) is 18.6. The third kappa shape index (κ3) is 4.97. The van der Waals surface area contributed by atoms with Crippen LogP contribution in [0.3, 0.4) is 0 Å². The Balaban J connectivity index is 1.90. The summed E-state index contributed by atoms with van der Waals surface area (Å²) in [6.07, 6.45) is 2.53. The maximum Gasteiger partial charge on any atom is 0.338 e. The number of nitrogens with one attached hydrogen (secondary N) is 1. The van der Waals surface area contributed by atoms with E-state index in [2.05, 4.69) is 19.2 Å². The fourth-order valence-corrected chi connectivity index (χ4v) is 3.26. The van der Waals surface area contributed by atoms with E-state index in [0.717, 1.165) is 18.5 Å². The molecule has 0 heterocycles. The summed E-state index contributed by atoms with van der Waals surface area (Å²) in [4.78, 5) is 26.6. The minimum Gasteiger partial charge on any atom is -0.449 e. The number of benzene rings is 1. The van der Waals surface area contributed by atoms with Crippen molar-refractivity contribution in [2.45, 2.75) is 52.2 Å². The maximum atomic E-state index is 12.4. The van der Waals surface area contributed by atoms with Crippen molar-refractivity contribution in [1.82, 2.24) is 5.32 Å². The molecule has 0 unspecified atom stereocenters. The van der Waals surface area contributed by atoms with Crippen molar-refractivity contribution in [3.8, 4) is 0 Å². The zero-order valence-corrected chi connectivity index (χ0v) is 15.9. The number of ether oxygens (including phenoxy) is 1. The van der Waals surface area contributed by atoms with Gasteiger partial charge in [-0.15, -0.1) is 0 Å². The lowest BCUT2D eigenvalue weighted by Gasteiger charge is -2.35. The van der Waals surface area contributed by atoms with Crippen LogP contribution in [-0.2, 0) is 9.53 Å². The van der Waals surface area contributed by atoms with Crippen molar-refractivity contribution in [1.29, 1.82) is 0 Å². The first kappa shape index (κ1) is 19.3. The Kier molecular flexibility index (Phi) is 6.45. The average molecular weight is 346 g/mol. The molecule has 5 heteroatoms. The van der Waals surface area contributed by atoms with Crippen LogP contribution in [0.25, 0.3) is 0 Å². The highest BCUT2D eigenvalue weighted by atomic mass is 16.5. The number of nitrogens with zero attached hydrogens (tertiary/aromatic N) is 1. The van der Waals surface area contributed by atoms with Gasteiger partial charge in [-0.1, -0.05) is 26.7 Å². The Morgan fingerprint density at radius 3 is 2.40 bits per heavy atom. The van der Waals surface area contributed by atoms with Crippen LogP contribution in [0, 0.1) is 11.8 Å². The third-order valence-electron chi connectivity index (χ3n) is 5.31. The lowest BCUT2D eigenvalue weighted by molar-refractivity contribution is -0.130. The number of hydrogen-bond donors (Lipinski definition) is 1. The number of amides is 1. The van der Waals surface area contributed by atoms with E-state index >= 15 is 0 Å². The second kappa shape index (κ2) is 8.37. The van der Waals surface area contributed by atoms with Gasteiger partial charge in [0.25, 0.3) is 5.91 Å². The van der Waals surface area contributed by atoms with Crippen molar-refractivity contribution in [3.63, 3.8) is 0 Å². The van der Waals surface area contributed by atoms with E-state index in [0.29, 0.717) is 17.4 Å². The quantitative estimate of drug-likeness (QED) is 0.832. The van der Waals surface area contributed by atoms with Crippen LogP contribution in [0.1, 0.15) is 50.4 Å². The van der Waals surface area contributed by atoms with Crippen LogP contribution in [-0.4, -0.2) is 38.1 Å². The summed E-state index contributed by atoms with van der Waals surface area (Å²) in [5.74, 6) is 0.355. The smallest absolute Gasteiger partial charge is 0.338 e. The van der Waals surface area contributed by atoms with Gasteiger partial charge < -0.3 is 15.0 Å². The monoisotopic (exact) mass is 346 g/mol. The molecule has 1 aliphatic carbocycles. The number of esters is 1. The predicted octanol–water partition coefficient (Wildman–Crippen LogP) is 3.24. The van der Waals surface area contributed by atoms with Gasteiger partial charge in [-0.05, 0) is 49.4 Å². The summed E-state index contributed by atoms with van der Waals surface area (Å²) in [6, 6.07) is 7.30. The molecule has 138 valence electrons. The van der Waals surface area contributed by atoms with Crippen LogP contribution < -0.4 is 10.2 Å². The largest absolute Gasteiger partial charge is 0.449 e. The minimum absolute atomic E-state index is 0.164. The van der Waals surface area contributed by atoms with E-state index in [1.54, 1.807) is 19.1 Å². The highest BCUT2D eigenvalue weighted by Gasteiger charge is 2.30. The van der Waals surface area contributed by atoms with Gasteiger partial charge in [0.2, 0.25) is 0 Å². The van der Waals surface area contributed by atoms with Crippen molar-refractivity contribution in [3.05, 3.63) is 29.8 Å². The van der Waals surface area contributed by atoms with Gasteiger partial charge in [0.05, 0.1) is 5.56 Å². The molecule has 1 aromatic rings. The second-order valence-electron chi connectivity index (χ2n) is 7.37. The molecule has 0 spiro atoms. The van der Waals surface area contributed by atoms with Gasteiger partial charge in [-0.2, -0.15) is 0 Å². The highest BCUT2D eigenvalue weighted by Crippen LogP contribution is 2.29. The van der Waals surface area contributed by atoms with E-state index in [4.69, 9.17) is 4.74 Å². The Hall–Kier alpha value is -2.04. The standard InChI is InChI=1S/C20H30N2O3/c1-13-7-6-8-18(14(13)2)21-19(23)15(3)25-20(24)16-9-11-17(12-10-16)22(4)5/h9-15,18H,6-8H2,1-5H3,(H,21,23)/t13-,14+,15+,18-/m0/s1. The van der Waals surface area contributed by atoms with Crippen LogP contribution in [0.4, 0.5) is 5.69 Å². The van der Waals surface area contributed by atoms with E-state index < -0.39 is 12.1 Å². The van der Waals surface area contributed by atoms with Crippen LogP contribution >= 0.6 is 0 Å². The predicted molar refractivity (Wildman–Crippen MR) is 99.8 cm³/mol. The summed E-state index contributed by atoms with van der Waals surface area (Å²) in [6.45, 7) is 6.03. The molecule has 1 amide bonds. The van der Waals surface area contributed by atoms with Gasteiger partial charge in [0.1, 0.15) is 0 Å². The lowest BCUT2D eigenvalue weighted by Crippen LogP contribution is -2.47. The highest BCUT2D eigenvalue weighted by molar-refractivity contribution is 5.92. The van der Waals surface area contributed by atoms with Gasteiger partial charge in [-0.25, -0.2) is 4.79 Å². The molecule has 1 aromatic carbocycles. The summed E-state index contributed by atoms with van der Waals surface area (Å²) < 4.78 is 5.34. The molecule has 0 aromatic heterocycles. The Bertz CT molecular complexity index is 597. The third-order valence-corrected chi connectivity index (χ3v) is 5.31. The number of hydrogen-bond acceptors (Lipinski definition) is 4. The van der Waals surface area contributed by atoms with E-state index in [-0.39, 0.29) is 11.9 Å². The van der Waals surface area contributed by atoms with E-state index in [1.165, 1.54) is 6.42 Å². The summed E-state index contributed by atoms with van der Waals surface area (Å²) in [7, 11) is 3.87. The first-order chi connectivity index (χ1) is 11.8. The Morgan fingerprint density at radius 2 is 1.80 bits per heavy atom. The van der Waals surface area contributed by atoms with Gasteiger partial charge >= 0.3 is 5.97 Å². The number of carbonyl (C=O) groups is 2. The molecule has 4 atom stereocenters. The minimum atomic E-state index is -0.801. The first-order valence-corrected chi connectivity index (χ1v) is 9.08.